The van der Waals surface area contributed by atoms with Gasteiger partial charge in [-0.2, -0.15) is 0 Å². The second-order valence-corrected chi connectivity index (χ2v) is 19.0. The zero-order valence-corrected chi connectivity index (χ0v) is 38.6. The molecule has 14 nitrogen and oxygen atoms in total. The molecular formula is C50H66N12O2. The van der Waals surface area contributed by atoms with Crippen LogP contribution in [0.1, 0.15) is 121 Å². The van der Waals surface area contributed by atoms with E-state index < -0.39 is 12.2 Å². The minimum Gasteiger partial charge on any atom is -0.384 e. The Kier molecular flexibility index (Phi) is 11.9. The summed E-state index contributed by atoms with van der Waals surface area (Å²) in [6.07, 6.45) is 7.26. The number of hydrogen-bond acceptors (Lipinski definition) is 12. The van der Waals surface area contributed by atoms with Gasteiger partial charge in [0.2, 0.25) is 0 Å². The van der Waals surface area contributed by atoms with Crippen LogP contribution >= 0.6 is 0 Å². The molecule has 2 aliphatic heterocycles. The first-order valence-electron chi connectivity index (χ1n) is 23.7. The fourth-order valence-corrected chi connectivity index (χ4v) is 11.2. The number of aryl methyl sites for hydroxylation is 2. The number of aromatic nitrogens is 6. The average molecular weight is 867 g/mol. The Labute approximate surface area is 377 Å². The number of pyridine rings is 4. The summed E-state index contributed by atoms with van der Waals surface area (Å²) in [6, 6.07) is 20.7. The van der Waals surface area contributed by atoms with E-state index in [1.165, 1.54) is 11.1 Å². The Morgan fingerprint density at radius 1 is 0.562 bits per heavy atom. The van der Waals surface area contributed by atoms with Gasteiger partial charge in [-0.25, -0.2) is 9.97 Å². The van der Waals surface area contributed by atoms with Crippen LogP contribution in [0.4, 0.5) is 11.6 Å². The molecule has 4 aliphatic rings. The smallest absolute Gasteiger partial charge is 0.139 e. The summed E-state index contributed by atoms with van der Waals surface area (Å²) >= 11 is 0. The third-order valence-corrected chi connectivity index (χ3v) is 15.2. The summed E-state index contributed by atoms with van der Waals surface area (Å²) < 4.78 is 4.27. The molecule has 0 spiro atoms. The third-order valence-electron chi connectivity index (χ3n) is 15.2. The molecule has 64 heavy (non-hydrogen) atoms. The van der Waals surface area contributed by atoms with E-state index in [0.29, 0.717) is 11.4 Å². The molecule has 338 valence electrons. The van der Waals surface area contributed by atoms with Crippen molar-refractivity contribution >= 4 is 22.9 Å². The van der Waals surface area contributed by atoms with Crippen LogP contribution in [0.3, 0.4) is 0 Å². The van der Waals surface area contributed by atoms with Crippen molar-refractivity contribution in [1.29, 1.82) is 0 Å². The van der Waals surface area contributed by atoms with Crippen molar-refractivity contribution in [1.82, 2.24) is 48.3 Å². The van der Waals surface area contributed by atoms with E-state index in [0.717, 1.165) is 137 Å². The number of likely N-dealkylation sites (N-methyl/N-ethyl adjacent to an activating group) is 2. The first kappa shape index (κ1) is 43.0. The average Bonchev–Trinajstić information content (AvgIpc) is 3.93. The molecule has 6 atom stereocenters. The van der Waals surface area contributed by atoms with Crippen molar-refractivity contribution in [3.05, 3.63) is 118 Å². The van der Waals surface area contributed by atoms with Gasteiger partial charge < -0.3 is 29.8 Å². The minimum absolute atomic E-state index is 0.0871. The highest BCUT2D eigenvalue weighted by molar-refractivity contribution is 5.58. The minimum atomic E-state index is -1.36. The molecule has 2 fully saturated rings. The van der Waals surface area contributed by atoms with Crippen molar-refractivity contribution in [2.24, 2.45) is 0 Å². The van der Waals surface area contributed by atoms with Crippen LogP contribution in [0.5, 0.6) is 0 Å². The van der Waals surface area contributed by atoms with Gasteiger partial charge in [0, 0.05) is 64.8 Å². The predicted octanol–water partition coefficient (Wildman–Crippen LogP) is 6.18. The van der Waals surface area contributed by atoms with Gasteiger partial charge in [0.15, 0.2) is 0 Å². The molecule has 2 N–H and O–H groups in total. The zero-order valence-electron chi connectivity index (χ0n) is 38.6. The molecule has 0 aromatic carbocycles. The third kappa shape index (κ3) is 7.65. The Morgan fingerprint density at radius 2 is 0.969 bits per heavy atom. The molecule has 0 saturated carbocycles. The Hall–Kier alpha value is -4.96. The molecule has 6 aromatic rings. The maximum atomic E-state index is 13.4. The van der Waals surface area contributed by atoms with Crippen molar-refractivity contribution in [2.45, 2.75) is 88.7 Å². The van der Waals surface area contributed by atoms with Gasteiger partial charge in [-0.1, -0.05) is 24.3 Å². The van der Waals surface area contributed by atoms with Crippen LogP contribution in [0.2, 0.25) is 0 Å². The number of nitrogens with zero attached hydrogens (tertiary/aromatic N) is 12. The van der Waals surface area contributed by atoms with Crippen LogP contribution in [-0.2, 0) is 12.8 Å². The lowest BCUT2D eigenvalue weighted by Crippen LogP contribution is -2.45. The van der Waals surface area contributed by atoms with Gasteiger partial charge in [0.25, 0.3) is 0 Å². The summed E-state index contributed by atoms with van der Waals surface area (Å²) in [5, 5.41) is 26.7. The van der Waals surface area contributed by atoms with E-state index >= 15 is 0 Å². The summed E-state index contributed by atoms with van der Waals surface area (Å²) in [4.78, 5) is 34.9. The highest BCUT2D eigenvalue weighted by atomic mass is 16.3. The molecule has 0 amide bonds. The summed E-state index contributed by atoms with van der Waals surface area (Å²) in [6.45, 7) is 11.5. The maximum Gasteiger partial charge on any atom is 0.139 e. The van der Waals surface area contributed by atoms with Crippen LogP contribution in [0.15, 0.2) is 73.1 Å². The second kappa shape index (κ2) is 17.8. The Morgan fingerprint density at radius 3 is 1.38 bits per heavy atom. The first-order valence-corrected chi connectivity index (χ1v) is 23.7. The number of imidazole rings is 2. The molecule has 2 aliphatic carbocycles. The van der Waals surface area contributed by atoms with Gasteiger partial charge in [-0.3, -0.25) is 28.6 Å². The molecular weight excluding hydrogens is 801 g/mol. The molecule has 14 heteroatoms. The standard InChI is InChI=1S/C50H66N12O2/c1-33(57(5)37-17-7-13-35-15-11-23-51-45(35)37)43-47(61-39(53-43)19-9-21-41(61)59-29-25-55(3)26-30-59)49(63)50(64)48-44(34(2)58(6)38-18-8-14-36-16-12-24-52-46(36)38)54-40-20-10-22-42(62(40)48)60-31-27-56(4)28-32-60/h9-12,15-16,19-24,33-34,37-38,49-50,63-64H,7-8,13-14,17-18,25-32H2,1-6H3/t33?,34?,37-,38-,49?,50?/m0/s1. The molecule has 2 saturated heterocycles. The lowest BCUT2D eigenvalue weighted by Gasteiger charge is -2.37. The summed E-state index contributed by atoms with van der Waals surface area (Å²) in [7, 11) is 8.66. The van der Waals surface area contributed by atoms with Gasteiger partial charge in [-0.15, -0.1) is 0 Å². The molecule has 8 heterocycles. The largest absolute Gasteiger partial charge is 0.384 e. The quantitative estimate of drug-likeness (QED) is 0.155. The molecule has 4 unspecified atom stereocenters. The second-order valence-electron chi connectivity index (χ2n) is 19.0. The number of aliphatic hydroxyl groups is 2. The van der Waals surface area contributed by atoms with E-state index in [9.17, 15) is 10.2 Å². The topological polar surface area (TPSA) is 120 Å². The van der Waals surface area contributed by atoms with Crippen molar-refractivity contribution in [2.75, 3.05) is 90.3 Å². The lowest BCUT2D eigenvalue weighted by atomic mass is 9.89. The predicted molar refractivity (Wildman–Crippen MR) is 252 cm³/mol. The number of piperazine rings is 2. The van der Waals surface area contributed by atoms with Gasteiger partial charge >= 0.3 is 0 Å². The van der Waals surface area contributed by atoms with Crippen LogP contribution in [0, 0.1) is 0 Å². The Balaban J connectivity index is 1.13. The van der Waals surface area contributed by atoms with Crippen molar-refractivity contribution in [3.8, 4) is 0 Å². The zero-order chi connectivity index (χ0) is 44.2. The molecule has 6 aromatic heterocycles. The summed E-state index contributed by atoms with van der Waals surface area (Å²) in [5.41, 5.74) is 9.06. The number of aliphatic hydroxyl groups excluding tert-OH is 2. The first-order chi connectivity index (χ1) is 31.1. The molecule has 10 rings (SSSR count). The van der Waals surface area contributed by atoms with Gasteiger partial charge in [-0.05, 0) is 128 Å². The fraction of sp³-hybridized carbons (Fsp3) is 0.520. The number of hydrogen-bond donors (Lipinski definition) is 2. The van der Waals surface area contributed by atoms with E-state index in [4.69, 9.17) is 19.9 Å². The van der Waals surface area contributed by atoms with E-state index in [2.05, 4.69) is 117 Å². The van der Waals surface area contributed by atoms with Crippen molar-refractivity contribution in [3.63, 3.8) is 0 Å². The van der Waals surface area contributed by atoms with Gasteiger partial charge in [0.05, 0.1) is 58.3 Å². The van der Waals surface area contributed by atoms with E-state index in [1.807, 2.05) is 36.7 Å². The van der Waals surface area contributed by atoms with Crippen LogP contribution in [0.25, 0.3) is 11.3 Å². The van der Waals surface area contributed by atoms with Crippen LogP contribution in [-0.4, -0.2) is 139 Å². The highest BCUT2D eigenvalue weighted by Gasteiger charge is 2.40. The molecule has 0 radical (unpaired) electrons. The maximum absolute atomic E-state index is 13.4. The van der Waals surface area contributed by atoms with Gasteiger partial charge in [0.1, 0.15) is 35.1 Å². The fourth-order valence-electron chi connectivity index (χ4n) is 11.2. The Bertz CT molecular complexity index is 2420. The molecule has 0 bridgehead atoms. The monoisotopic (exact) mass is 867 g/mol. The highest BCUT2D eigenvalue weighted by Crippen LogP contribution is 2.45. The number of anilines is 2. The van der Waals surface area contributed by atoms with Crippen LogP contribution < -0.4 is 9.80 Å². The van der Waals surface area contributed by atoms with Crippen molar-refractivity contribution < 1.29 is 10.2 Å². The SMILES string of the molecule is CC(c1nc2cccc(N3CCN(C)CC3)n2c1C(O)C(O)c1c(C(C)N(C)[C@H]2CCCc3cccnc32)nc2cccc(N3CCN(C)CC3)n12)N(C)[C@H]1CCCc2cccnc21. The lowest BCUT2D eigenvalue weighted by molar-refractivity contribution is 0.00783. The van der Waals surface area contributed by atoms with E-state index in [1.54, 1.807) is 0 Å². The van der Waals surface area contributed by atoms with E-state index in [-0.39, 0.29) is 24.2 Å². The number of rotatable bonds is 11. The number of fused-ring (bicyclic) bond motifs is 4. The normalized spacial score (nSPS) is 22.0. The summed E-state index contributed by atoms with van der Waals surface area (Å²) in [5.74, 6) is 1.94.